The van der Waals surface area contributed by atoms with Crippen molar-refractivity contribution in [3.63, 3.8) is 0 Å². The van der Waals surface area contributed by atoms with Gasteiger partial charge in [-0.15, -0.1) is 0 Å². The number of rotatable bonds is 6. The summed E-state index contributed by atoms with van der Waals surface area (Å²) in [5.74, 6) is 0.270. The van der Waals surface area contributed by atoms with Gasteiger partial charge >= 0.3 is 5.63 Å². The summed E-state index contributed by atoms with van der Waals surface area (Å²) in [7, 11) is 0. The molecule has 3 aromatic rings. The Labute approximate surface area is 145 Å². The number of amides is 1. The summed E-state index contributed by atoms with van der Waals surface area (Å²) < 4.78 is 10.7. The predicted octanol–water partition coefficient (Wildman–Crippen LogP) is 3.05. The van der Waals surface area contributed by atoms with Crippen molar-refractivity contribution in [3.8, 4) is 5.75 Å². The van der Waals surface area contributed by atoms with Gasteiger partial charge in [0.1, 0.15) is 11.3 Å². The molecule has 0 spiro atoms. The molecular formula is C20H19NO4. The van der Waals surface area contributed by atoms with Gasteiger partial charge < -0.3 is 14.5 Å². The number of nitrogens with one attached hydrogen (secondary N) is 1. The fraction of sp³-hybridized carbons (Fsp3) is 0.200. The smallest absolute Gasteiger partial charge is 0.336 e. The van der Waals surface area contributed by atoms with E-state index in [1.807, 2.05) is 43.3 Å². The lowest BCUT2D eigenvalue weighted by Crippen LogP contribution is -2.28. The molecular weight excluding hydrogens is 318 g/mol. The molecule has 0 fully saturated rings. The third kappa shape index (κ3) is 4.26. The van der Waals surface area contributed by atoms with Crippen molar-refractivity contribution in [3.05, 3.63) is 76.1 Å². The summed E-state index contributed by atoms with van der Waals surface area (Å²) in [5, 5.41) is 3.67. The largest absolute Gasteiger partial charge is 0.484 e. The topological polar surface area (TPSA) is 68.5 Å². The molecule has 128 valence electrons. The van der Waals surface area contributed by atoms with Crippen LogP contribution in [0.4, 0.5) is 0 Å². The van der Waals surface area contributed by atoms with Crippen molar-refractivity contribution in [1.29, 1.82) is 0 Å². The van der Waals surface area contributed by atoms with E-state index < -0.39 is 0 Å². The first-order chi connectivity index (χ1) is 12.2. The van der Waals surface area contributed by atoms with Gasteiger partial charge in [0.15, 0.2) is 6.61 Å². The van der Waals surface area contributed by atoms with Gasteiger partial charge in [-0.2, -0.15) is 0 Å². The van der Waals surface area contributed by atoms with Crippen LogP contribution in [0.15, 0.2) is 63.8 Å². The van der Waals surface area contributed by atoms with Crippen molar-refractivity contribution in [2.45, 2.75) is 19.9 Å². The van der Waals surface area contributed by atoms with E-state index >= 15 is 0 Å². The number of aryl methyl sites for hydroxylation is 1. The Bertz CT molecular complexity index is 931. The SMILES string of the molecule is CCc1cc(=O)oc2cc(OCC(=O)NCc3ccccc3)ccc12. The van der Waals surface area contributed by atoms with E-state index in [0.717, 1.165) is 22.9 Å². The minimum absolute atomic E-state index is 0.101. The van der Waals surface area contributed by atoms with Crippen LogP contribution in [0.25, 0.3) is 11.0 Å². The van der Waals surface area contributed by atoms with Gasteiger partial charge in [0.05, 0.1) is 0 Å². The Kier molecular flexibility index (Phi) is 5.14. The maximum atomic E-state index is 11.9. The van der Waals surface area contributed by atoms with E-state index in [-0.39, 0.29) is 18.1 Å². The molecule has 1 aromatic heterocycles. The zero-order chi connectivity index (χ0) is 17.6. The second-order valence-corrected chi connectivity index (χ2v) is 5.65. The molecule has 5 nitrogen and oxygen atoms in total. The first-order valence-corrected chi connectivity index (χ1v) is 8.16. The maximum absolute atomic E-state index is 11.9. The van der Waals surface area contributed by atoms with E-state index in [1.165, 1.54) is 6.07 Å². The molecule has 0 saturated carbocycles. The Morgan fingerprint density at radius 3 is 2.68 bits per heavy atom. The summed E-state index contributed by atoms with van der Waals surface area (Å²) in [6.45, 7) is 2.33. The second-order valence-electron chi connectivity index (χ2n) is 5.65. The van der Waals surface area contributed by atoms with Crippen LogP contribution in [0.5, 0.6) is 5.75 Å². The molecule has 0 aliphatic carbocycles. The van der Waals surface area contributed by atoms with Gasteiger partial charge in [0.2, 0.25) is 0 Å². The zero-order valence-corrected chi connectivity index (χ0v) is 14.0. The van der Waals surface area contributed by atoms with Crippen LogP contribution in [0.3, 0.4) is 0 Å². The lowest BCUT2D eigenvalue weighted by molar-refractivity contribution is -0.123. The van der Waals surface area contributed by atoms with Crippen LogP contribution in [0.1, 0.15) is 18.1 Å². The van der Waals surface area contributed by atoms with Crippen LogP contribution >= 0.6 is 0 Å². The monoisotopic (exact) mass is 337 g/mol. The molecule has 0 unspecified atom stereocenters. The maximum Gasteiger partial charge on any atom is 0.336 e. The Morgan fingerprint density at radius 1 is 1.12 bits per heavy atom. The first-order valence-electron chi connectivity index (χ1n) is 8.16. The molecule has 1 amide bonds. The van der Waals surface area contributed by atoms with Crippen LogP contribution in [0.2, 0.25) is 0 Å². The number of carbonyl (C=O) groups is 1. The normalized spacial score (nSPS) is 10.6. The quantitative estimate of drug-likeness (QED) is 0.702. The highest BCUT2D eigenvalue weighted by Crippen LogP contribution is 2.22. The molecule has 25 heavy (non-hydrogen) atoms. The number of benzene rings is 2. The summed E-state index contributed by atoms with van der Waals surface area (Å²) in [6.07, 6.45) is 0.740. The number of ether oxygens (including phenoxy) is 1. The van der Waals surface area contributed by atoms with Gasteiger partial charge in [-0.05, 0) is 29.7 Å². The predicted molar refractivity (Wildman–Crippen MR) is 95.6 cm³/mol. The lowest BCUT2D eigenvalue weighted by atomic mass is 10.1. The zero-order valence-electron chi connectivity index (χ0n) is 14.0. The van der Waals surface area contributed by atoms with E-state index in [2.05, 4.69) is 5.32 Å². The van der Waals surface area contributed by atoms with Gasteiger partial charge in [-0.1, -0.05) is 37.3 Å². The average molecular weight is 337 g/mol. The van der Waals surface area contributed by atoms with Gasteiger partial charge in [-0.25, -0.2) is 4.79 Å². The van der Waals surface area contributed by atoms with Crippen LogP contribution < -0.4 is 15.7 Å². The summed E-state index contributed by atoms with van der Waals surface area (Å²) in [6, 6.07) is 16.4. The molecule has 0 atom stereocenters. The second kappa shape index (κ2) is 7.66. The molecule has 2 aromatic carbocycles. The van der Waals surface area contributed by atoms with E-state index in [9.17, 15) is 9.59 Å². The van der Waals surface area contributed by atoms with Crippen LogP contribution in [0, 0.1) is 0 Å². The highest BCUT2D eigenvalue weighted by Gasteiger charge is 2.07. The van der Waals surface area contributed by atoms with Gasteiger partial charge in [-0.3, -0.25) is 4.79 Å². The fourth-order valence-electron chi connectivity index (χ4n) is 2.59. The van der Waals surface area contributed by atoms with Crippen molar-refractivity contribution >= 4 is 16.9 Å². The number of fused-ring (bicyclic) bond motifs is 1. The van der Waals surface area contributed by atoms with Crippen molar-refractivity contribution in [1.82, 2.24) is 5.32 Å². The molecule has 1 heterocycles. The summed E-state index contributed by atoms with van der Waals surface area (Å²) in [4.78, 5) is 23.5. The number of hydrogen-bond acceptors (Lipinski definition) is 4. The molecule has 0 radical (unpaired) electrons. The van der Waals surface area contributed by atoms with Gasteiger partial charge in [0.25, 0.3) is 5.91 Å². The van der Waals surface area contributed by atoms with Crippen LogP contribution in [-0.2, 0) is 17.8 Å². The van der Waals surface area contributed by atoms with Gasteiger partial charge in [0, 0.05) is 24.1 Å². The molecule has 0 aliphatic heterocycles. The molecule has 5 heteroatoms. The number of hydrogen-bond donors (Lipinski definition) is 1. The number of carbonyl (C=O) groups excluding carboxylic acids is 1. The van der Waals surface area contributed by atoms with Crippen molar-refractivity contribution in [2.24, 2.45) is 0 Å². The first kappa shape index (κ1) is 16.8. The molecule has 0 bridgehead atoms. The summed E-state index contributed by atoms with van der Waals surface area (Å²) in [5.41, 5.74) is 2.03. The molecule has 1 N–H and O–H groups in total. The Balaban J connectivity index is 1.63. The third-order valence-electron chi connectivity index (χ3n) is 3.88. The minimum atomic E-state index is -0.387. The highest BCUT2D eigenvalue weighted by atomic mass is 16.5. The molecule has 3 rings (SSSR count). The lowest BCUT2D eigenvalue weighted by Gasteiger charge is -2.09. The van der Waals surface area contributed by atoms with E-state index in [1.54, 1.807) is 12.1 Å². The van der Waals surface area contributed by atoms with E-state index in [0.29, 0.717) is 17.9 Å². The minimum Gasteiger partial charge on any atom is -0.484 e. The van der Waals surface area contributed by atoms with E-state index in [4.69, 9.17) is 9.15 Å². The Morgan fingerprint density at radius 2 is 1.92 bits per heavy atom. The average Bonchev–Trinajstić information content (AvgIpc) is 2.64. The van der Waals surface area contributed by atoms with Crippen molar-refractivity contribution in [2.75, 3.05) is 6.61 Å². The van der Waals surface area contributed by atoms with Crippen molar-refractivity contribution < 1.29 is 13.9 Å². The highest BCUT2D eigenvalue weighted by molar-refractivity contribution is 5.82. The summed E-state index contributed by atoms with van der Waals surface area (Å²) >= 11 is 0. The fourth-order valence-corrected chi connectivity index (χ4v) is 2.59. The third-order valence-corrected chi connectivity index (χ3v) is 3.88. The Hall–Kier alpha value is -3.08. The standard InChI is InChI=1S/C20H19NO4/c1-2-15-10-20(23)25-18-11-16(8-9-17(15)18)24-13-19(22)21-12-14-6-4-3-5-7-14/h3-11H,2,12-13H2,1H3,(H,21,22). The van der Waals surface area contributed by atoms with Crippen LogP contribution in [-0.4, -0.2) is 12.5 Å². The molecule has 0 saturated heterocycles. The molecule has 0 aliphatic rings.